The SMILES string of the molecule is CC(C)(C)OOC(OOC(C)(C)C)c1ccccc1F. The Morgan fingerprint density at radius 3 is 1.70 bits per heavy atom. The molecule has 0 atom stereocenters. The van der Waals surface area contributed by atoms with Crippen molar-refractivity contribution in [3.63, 3.8) is 0 Å². The quantitative estimate of drug-likeness (QED) is 0.459. The second-order valence-corrected chi connectivity index (χ2v) is 6.44. The summed E-state index contributed by atoms with van der Waals surface area (Å²) >= 11 is 0. The molecule has 0 fully saturated rings. The van der Waals surface area contributed by atoms with Crippen LogP contribution in [0.1, 0.15) is 53.4 Å². The van der Waals surface area contributed by atoms with Crippen LogP contribution in [0.25, 0.3) is 0 Å². The van der Waals surface area contributed by atoms with Gasteiger partial charge in [-0.3, -0.25) is 0 Å². The molecule has 1 aromatic rings. The summed E-state index contributed by atoms with van der Waals surface area (Å²) in [6.07, 6.45) is -1.10. The summed E-state index contributed by atoms with van der Waals surface area (Å²) in [5, 5.41) is 0. The van der Waals surface area contributed by atoms with E-state index in [-0.39, 0.29) is 5.56 Å². The molecule has 0 spiro atoms. The highest BCUT2D eigenvalue weighted by Gasteiger charge is 2.25. The third-order valence-electron chi connectivity index (χ3n) is 1.93. The minimum absolute atomic E-state index is 0.209. The Labute approximate surface area is 119 Å². The molecular weight excluding hydrogens is 263 g/mol. The number of hydrogen-bond donors (Lipinski definition) is 0. The summed E-state index contributed by atoms with van der Waals surface area (Å²) in [6, 6.07) is 6.15. The molecule has 0 N–H and O–H groups in total. The van der Waals surface area contributed by atoms with Crippen molar-refractivity contribution in [2.45, 2.75) is 59.0 Å². The van der Waals surface area contributed by atoms with E-state index in [2.05, 4.69) is 0 Å². The van der Waals surface area contributed by atoms with Crippen molar-refractivity contribution in [1.29, 1.82) is 0 Å². The molecule has 1 rings (SSSR count). The average molecular weight is 286 g/mol. The lowest BCUT2D eigenvalue weighted by molar-refractivity contribution is -0.502. The molecule has 0 aliphatic rings. The lowest BCUT2D eigenvalue weighted by Crippen LogP contribution is -2.26. The summed E-state index contributed by atoms with van der Waals surface area (Å²) in [4.78, 5) is 20.8. The van der Waals surface area contributed by atoms with Crippen LogP contribution >= 0.6 is 0 Å². The Hall–Kier alpha value is -1.01. The fraction of sp³-hybridized carbons (Fsp3) is 0.600. The van der Waals surface area contributed by atoms with Gasteiger partial charge >= 0.3 is 0 Å². The molecule has 0 radical (unpaired) electrons. The largest absolute Gasteiger partial charge is 0.252 e. The Balaban J connectivity index is 2.82. The second-order valence-electron chi connectivity index (χ2n) is 6.44. The van der Waals surface area contributed by atoms with Crippen LogP contribution in [0.2, 0.25) is 0 Å². The van der Waals surface area contributed by atoms with E-state index in [4.69, 9.17) is 19.6 Å². The maximum atomic E-state index is 13.8. The fourth-order valence-corrected chi connectivity index (χ4v) is 1.16. The van der Waals surface area contributed by atoms with E-state index >= 15 is 0 Å². The average Bonchev–Trinajstić information content (AvgIpc) is 2.28. The lowest BCUT2D eigenvalue weighted by Gasteiger charge is -2.25. The van der Waals surface area contributed by atoms with Crippen molar-refractivity contribution in [2.75, 3.05) is 0 Å². The summed E-state index contributed by atoms with van der Waals surface area (Å²) in [6.45, 7) is 10.9. The minimum Gasteiger partial charge on any atom is -0.228 e. The van der Waals surface area contributed by atoms with Gasteiger partial charge in [0.25, 0.3) is 6.29 Å². The van der Waals surface area contributed by atoms with Crippen molar-refractivity contribution < 1.29 is 23.9 Å². The predicted octanol–water partition coefficient (Wildman–Crippen LogP) is 4.32. The molecule has 0 saturated carbocycles. The van der Waals surface area contributed by atoms with Crippen molar-refractivity contribution in [1.82, 2.24) is 0 Å². The maximum absolute atomic E-state index is 13.8. The van der Waals surface area contributed by atoms with E-state index in [1.54, 1.807) is 18.2 Å². The van der Waals surface area contributed by atoms with E-state index in [0.717, 1.165) is 0 Å². The summed E-state index contributed by atoms with van der Waals surface area (Å²) < 4.78 is 13.8. The zero-order valence-corrected chi connectivity index (χ0v) is 12.9. The van der Waals surface area contributed by atoms with Gasteiger partial charge < -0.3 is 0 Å². The van der Waals surface area contributed by atoms with Gasteiger partial charge in [-0.25, -0.2) is 14.2 Å². The molecule has 0 unspecified atom stereocenters. The third kappa shape index (κ3) is 6.43. The first-order valence-corrected chi connectivity index (χ1v) is 6.52. The molecule has 0 amide bonds. The lowest BCUT2D eigenvalue weighted by atomic mass is 10.2. The monoisotopic (exact) mass is 286 g/mol. The van der Waals surface area contributed by atoms with Gasteiger partial charge in [-0.2, -0.15) is 9.78 Å². The van der Waals surface area contributed by atoms with Crippen LogP contribution in [0.4, 0.5) is 4.39 Å². The van der Waals surface area contributed by atoms with E-state index < -0.39 is 23.3 Å². The van der Waals surface area contributed by atoms with Crippen molar-refractivity contribution in [3.8, 4) is 0 Å². The first kappa shape index (κ1) is 17.0. The van der Waals surface area contributed by atoms with Crippen molar-refractivity contribution in [3.05, 3.63) is 35.6 Å². The van der Waals surface area contributed by atoms with E-state index in [1.807, 2.05) is 41.5 Å². The van der Waals surface area contributed by atoms with Crippen LogP contribution in [0.5, 0.6) is 0 Å². The highest BCUT2D eigenvalue weighted by molar-refractivity contribution is 5.18. The molecular formula is C15H23FO4. The Morgan fingerprint density at radius 1 is 0.850 bits per heavy atom. The molecule has 114 valence electrons. The molecule has 1 aromatic carbocycles. The predicted molar refractivity (Wildman–Crippen MR) is 73.0 cm³/mol. The van der Waals surface area contributed by atoms with E-state index in [9.17, 15) is 4.39 Å². The van der Waals surface area contributed by atoms with Gasteiger partial charge in [0.2, 0.25) is 0 Å². The molecule has 0 aliphatic heterocycles. The minimum atomic E-state index is -1.10. The number of halogens is 1. The smallest absolute Gasteiger partial charge is 0.228 e. The van der Waals surface area contributed by atoms with Crippen LogP contribution in [-0.2, 0) is 19.6 Å². The number of hydrogen-bond acceptors (Lipinski definition) is 4. The van der Waals surface area contributed by atoms with Gasteiger partial charge in [0.05, 0.1) is 11.2 Å². The molecule has 4 nitrogen and oxygen atoms in total. The van der Waals surface area contributed by atoms with Gasteiger partial charge in [-0.15, -0.1) is 0 Å². The van der Waals surface area contributed by atoms with Gasteiger partial charge in [0, 0.05) is 5.56 Å². The molecule has 0 bridgehead atoms. The first-order valence-electron chi connectivity index (χ1n) is 6.52. The highest BCUT2D eigenvalue weighted by atomic mass is 19.1. The maximum Gasteiger partial charge on any atom is 0.252 e. The summed E-state index contributed by atoms with van der Waals surface area (Å²) in [5.74, 6) is -0.451. The molecule has 20 heavy (non-hydrogen) atoms. The van der Waals surface area contributed by atoms with Crippen LogP contribution < -0.4 is 0 Å². The molecule has 0 aromatic heterocycles. The van der Waals surface area contributed by atoms with Crippen LogP contribution in [-0.4, -0.2) is 11.2 Å². The number of benzene rings is 1. The summed E-state index contributed by atoms with van der Waals surface area (Å²) in [7, 11) is 0. The normalized spacial score (nSPS) is 13.0. The Bertz CT molecular complexity index is 403. The third-order valence-corrected chi connectivity index (χ3v) is 1.93. The van der Waals surface area contributed by atoms with Crippen molar-refractivity contribution in [2.24, 2.45) is 0 Å². The number of rotatable bonds is 5. The van der Waals surface area contributed by atoms with Gasteiger partial charge in [-0.05, 0) is 47.6 Å². The van der Waals surface area contributed by atoms with Crippen LogP contribution in [0, 0.1) is 5.82 Å². The molecule has 0 heterocycles. The van der Waals surface area contributed by atoms with Gasteiger partial charge in [-0.1, -0.05) is 18.2 Å². The fourth-order valence-electron chi connectivity index (χ4n) is 1.16. The van der Waals surface area contributed by atoms with E-state index in [1.165, 1.54) is 6.07 Å². The van der Waals surface area contributed by atoms with Crippen LogP contribution in [0.3, 0.4) is 0 Å². The highest BCUT2D eigenvalue weighted by Crippen LogP contribution is 2.26. The standard InChI is InChI=1S/C15H23FO4/c1-14(2,3)19-17-13(18-20-15(4,5)6)11-9-7-8-10-12(11)16/h7-10,13H,1-6H3. The summed E-state index contributed by atoms with van der Waals surface area (Å²) in [5.41, 5.74) is -0.885. The Morgan fingerprint density at radius 2 is 1.30 bits per heavy atom. The second kappa shape index (κ2) is 6.63. The molecule has 5 heteroatoms. The zero-order valence-electron chi connectivity index (χ0n) is 12.9. The Kier molecular flexibility index (Phi) is 5.65. The van der Waals surface area contributed by atoms with Gasteiger partial charge in [0.15, 0.2) is 0 Å². The molecule has 0 aliphatic carbocycles. The topological polar surface area (TPSA) is 36.9 Å². The van der Waals surface area contributed by atoms with Crippen LogP contribution in [0.15, 0.2) is 24.3 Å². The van der Waals surface area contributed by atoms with Crippen molar-refractivity contribution >= 4 is 0 Å². The van der Waals surface area contributed by atoms with E-state index in [0.29, 0.717) is 0 Å². The van der Waals surface area contributed by atoms with Gasteiger partial charge in [0.1, 0.15) is 5.82 Å². The molecule has 0 saturated heterocycles. The zero-order chi connectivity index (χ0) is 15.4. The first-order chi connectivity index (χ1) is 9.08.